The number of nitrogens with one attached hydrogen (secondary N) is 1. The van der Waals surface area contributed by atoms with Gasteiger partial charge in [0, 0.05) is 39.1 Å². The molecule has 2 fully saturated rings. The summed E-state index contributed by atoms with van der Waals surface area (Å²) in [5, 5.41) is 3.11. The molecular formula is C20H29N5O. The molecule has 4 rings (SSSR count). The molecule has 0 saturated carbocycles. The second-order valence-electron chi connectivity index (χ2n) is 7.58. The number of carbonyl (C=O) groups is 1. The molecule has 6 heteroatoms. The number of urea groups is 1. The molecule has 2 amide bonds. The lowest BCUT2D eigenvalue weighted by atomic mass is 9.97. The number of amides is 2. The van der Waals surface area contributed by atoms with Gasteiger partial charge in [-0.1, -0.05) is 12.1 Å². The van der Waals surface area contributed by atoms with E-state index < -0.39 is 0 Å². The largest absolute Gasteiger partial charge is 0.337 e. The number of rotatable bonds is 4. The molecule has 140 valence electrons. The normalized spacial score (nSPS) is 21.4. The molecular weight excluding hydrogens is 326 g/mol. The number of aryl methyl sites for hydroxylation is 1. The summed E-state index contributed by atoms with van der Waals surface area (Å²) < 4.78 is 2.19. The highest BCUT2D eigenvalue weighted by Crippen LogP contribution is 2.28. The molecule has 1 atom stereocenters. The third kappa shape index (κ3) is 3.56. The van der Waals surface area contributed by atoms with Gasteiger partial charge < -0.3 is 19.7 Å². The van der Waals surface area contributed by atoms with E-state index in [1.165, 1.54) is 25.9 Å². The maximum atomic E-state index is 12.6. The first-order valence-electron chi connectivity index (χ1n) is 9.89. The van der Waals surface area contributed by atoms with E-state index in [4.69, 9.17) is 4.98 Å². The van der Waals surface area contributed by atoms with Gasteiger partial charge in [0.2, 0.25) is 0 Å². The van der Waals surface area contributed by atoms with Crippen LogP contribution in [0.4, 0.5) is 4.79 Å². The molecule has 0 aliphatic carbocycles. The number of likely N-dealkylation sites (tertiary alicyclic amines) is 2. The van der Waals surface area contributed by atoms with Crippen LogP contribution in [0.2, 0.25) is 0 Å². The quantitative estimate of drug-likeness (QED) is 0.917. The number of benzene rings is 1. The Kier molecular flexibility index (Phi) is 5.11. The van der Waals surface area contributed by atoms with Gasteiger partial charge in [-0.2, -0.15) is 0 Å². The molecule has 0 bridgehead atoms. The fourth-order valence-corrected chi connectivity index (χ4v) is 4.34. The van der Waals surface area contributed by atoms with E-state index in [9.17, 15) is 4.79 Å². The van der Waals surface area contributed by atoms with E-state index in [2.05, 4.69) is 40.0 Å². The molecule has 2 aromatic rings. The molecule has 2 aliphatic rings. The second-order valence-corrected chi connectivity index (χ2v) is 7.58. The summed E-state index contributed by atoms with van der Waals surface area (Å²) in [6, 6.07) is 8.32. The minimum atomic E-state index is 0.0765. The minimum absolute atomic E-state index is 0.0765. The van der Waals surface area contributed by atoms with Crippen molar-refractivity contribution in [1.29, 1.82) is 0 Å². The summed E-state index contributed by atoms with van der Waals surface area (Å²) in [5.41, 5.74) is 2.20. The topological polar surface area (TPSA) is 53.4 Å². The molecule has 1 aromatic carbocycles. The fourth-order valence-electron chi connectivity index (χ4n) is 4.34. The Balaban J connectivity index is 1.37. The SMILES string of the molecule is Cn1c([C@@H]2CCCN(C(=O)NCCN3CCCC3)C2)nc2ccccc21. The molecule has 26 heavy (non-hydrogen) atoms. The Bertz CT molecular complexity index is 765. The van der Waals surface area contributed by atoms with Crippen LogP contribution in [-0.2, 0) is 7.05 Å². The van der Waals surface area contributed by atoms with Crippen LogP contribution in [0.5, 0.6) is 0 Å². The predicted molar refractivity (Wildman–Crippen MR) is 103 cm³/mol. The van der Waals surface area contributed by atoms with Crippen LogP contribution in [0, 0.1) is 0 Å². The molecule has 1 N–H and O–H groups in total. The van der Waals surface area contributed by atoms with Gasteiger partial charge in [-0.3, -0.25) is 0 Å². The summed E-state index contributed by atoms with van der Waals surface area (Å²) >= 11 is 0. The predicted octanol–water partition coefficient (Wildman–Crippen LogP) is 2.56. The van der Waals surface area contributed by atoms with E-state index in [-0.39, 0.29) is 6.03 Å². The van der Waals surface area contributed by atoms with Crippen molar-refractivity contribution in [1.82, 2.24) is 24.7 Å². The monoisotopic (exact) mass is 355 g/mol. The average molecular weight is 355 g/mol. The van der Waals surface area contributed by atoms with E-state index in [0.717, 1.165) is 55.9 Å². The number of para-hydroxylation sites is 2. The standard InChI is InChI=1S/C20H29N5O/c1-23-18-9-3-2-8-17(18)22-19(23)16-7-6-13-25(15-16)20(26)21-10-14-24-11-4-5-12-24/h2-3,8-9,16H,4-7,10-15H2,1H3,(H,21,26)/t16-/m1/s1. The van der Waals surface area contributed by atoms with Crippen LogP contribution >= 0.6 is 0 Å². The summed E-state index contributed by atoms with van der Waals surface area (Å²) in [6.45, 7) is 5.66. The third-order valence-corrected chi connectivity index (χ3v) is 5.80. The van der Waals surface area contributed by atoms with Crippen molar-refractivity contribution in [3.8, 4) is 0 Å². The van der Waals surface area contributed by atoms with Crippen LogP contribution in [0.25, 0.3) is 11.0 Å². The lowest BCUT2D eigenvalue weighted by Gasteiger charge is -2.32. The number of carbonyl (C=O) groups excluding carboxylic acids is 1. The smallest absolute Gasteiger partial charge is 0.317 e. The molecule has 2 aliphatic heterocycles. The summed E-state index contributed by atoms with van der Waals surface area (Å²) in [5.74, 6) is 1.41. The average Bonchev–Trinajstić information content (AvgIpc) is 3.30. The lowest BCUT2D eigenvalue weighted by Crippen LogP contribution is -2.46. The van der Waals surface area contributed by atoms with Crippen LogP contribution in [0.1, 0.15) is 37.4 Å². The zero-order valence-electron chi connectivity index (χ0n) is 15.7. The highest BCUT2D eigenvalue weighted by molar-refractivity contribution is 5.76. The van der Waals surface area contributed by atoms with Crippen LogP contribution < -0.4 is 5.32 Å². The van der Waals surface area contributed by atoms with Crippen molar-refractivity contribution in [3.63, 3.8) is 0 Å². The van der Waals surface area contributed by atoms with Crippen molar-refractivity contribution in [2.45, 2.75) is 31.6 Å². The molecule has 0 unspecified atom stereocenters. The van der Waals surface area contributed by atoms with E-state index in [0.29, 0.717) is 5.92 Å². The summed E-state index contributed by atoms with van der Waals surface area (Å²) in [7, 11) is 2.08. The lowest BCUT2D eigenvalue weighted by molar-refractivity contribution is 0.176. The molecule has 6 nitrogen and oxygen atoms in total. The number of imidazole rings is 1. The summed E-state index contributed by atoms with van der Waals surface area (Å²) in [4.78, 5) is 21.8. The van der Waals surface area contributed by atoms with Crippen molar-refractivity contribution >= 4 is 17.1 Å². The first kappa shape index (κ1) is 17.3. The Labute approximate surface area is 155 Å². The van der Waals surface area contributed by atoms with Gasteiger partial charge in [-0.25, -0.2) is 9.78 Å². The Morgan fingerprint density at radius 1 is 1.19 bits per heavy atom. The second kappa shape index (κ2) is 7.66. The number of fused-ring (bicyclic) bond motifs is 1. The molecule has 0 spiro atoms. The van der Waals surface area contributed by atoms with Crippen LogP contribution in [-0.4, -0.2) is 64.7 Å². The number of aromatic nitrogens is 2. The number of nitrogens with zero attached hydrogens (tertiary/aromatic N) is 4. The highest BCUT2D eigenvalue weighted by atomic mass is 16.2. The van der Waals surface area contributed by atoms with Crippen LogP contribution in [0.15, 0.2) is 24.3 Å². The zero-order valence-corrected chi connectivity index (χ0v) is 15.7. The number of hydrogen-bond acceptors (Lipinski definition) is 3. The van der Waals surface area contributed by atoms with E-state index in [1.807, 2.05) is 11.0 Å². The van der Waals surface area contributed by atoms with Gasteiger partial charge in [0.05, 0.1) is 11.0 Å². The van der Waals surface area contributed by atoms with Gasteiger partial charge in [0.15, 0.2) is 0 Å². The van der Waals surface area contributed by atoms with Gasteiger partial charge in [0.25, 0.3) is 0 Å². The summed E-state index contributed by atoms with van der Waals surface area (Å²) in [6.07, 6.45) is 4.71. The minimum Gasteiger partial charge on any atom is -0.337 e. The highest BCUT2D eigenvalue weighted by Gasteiger charge is 2.28. The number of piperidine rings is 1. The van der Waals surface area contributed by atoms with Gasteiger partial charge >= 0.3 is 6.03 Å². The third-order valence-electron chi connectivity index (χ3n) is 5.80. The van der Waals surface area contributed by atoms with Gasteiger partial charge in [-0.15, -0.1) is 0 Å². The van der Waals surface area contributed by atoms with Gasteiger partial charge in [0.1, 0.15) is 5.82 Å². The van der Waals surface area contributed by atoms with Crippen molar-refractivity contribution in [2.24, 2.45) is 7.05 Å². The first-order chi connectivity index (χ1) is 12.7. The van der Waals surface area contributed by atoms with Crippen LogP contribution in [0.3, 0.4) is 0 Å². The van der Waals surface area contributed by atoms with Crippen molar-refractivity contribution in [3.05, 3.63) is 30.1 Å². The Morgan fingerprint density at radius 2 is 2.00 bits per heavy atom. The molecule has 1 aromatic heterocycles. The molecule has 2 saturated heterocycles. The van der Waals surface area contributed by atoms with E-state index >= 15 is 0 Å². The van der Waals surface area contributed by atoms with E-state index in [1.54, 1.807) is 0 Å². The van der Waals surface area contributed by atoms with Crippen molar-refractivity contribution < 1.29 is 4.79 Å². The fraction of sp³-hybridized carbons (Fsp3) is 0.600. The molecule has 0 radical (unpaired) electrons. The zero-order chi connectivity index (χ0) is 17.9. The molecule has 3 heterocycles. The Morgan fingerprint density at radius 3 is 2.81 bits per heavy atom. The maximum Gasteiger partial charge on any atom is 0.317 e. The van der Waals surface area contributed by atoms with Gasteiger partial charge in [-0.05, 0) is 50.9 Å². The maximum absolute atomic E-state index is 12.6. The van der Waals surface area contributed by atoms with Crippen molar-refractivity contribution in [2.75, 3.05) is 39.3 Å². The number of hydrogen-bond donors (Lipinski definition) is 1. The Hall–Kier alpha value is -2.08. The first-order valence-corrected chi connectivity index (χ1v) is 9.89.